The number of hydrogen-bond donors (Lipinski definition) is 2. The number of nitrogens with one attached hydrogen (secondary N) is 1. The standard InChI is InChI=1S/C16H21N3OS/c1-11-15(6-7-17-2)19-16(21-11)13-8-12(10-20)4-5-14(9-13)18-3/h6-9,12,18,20H,1,4-5,10H2,2-3H3/b15-6+,17-7?. The highest BCUT2D eigenvalue weighted by atomic mass is 32.1. The van der Waals surface area contributed by atoms with Crippen molar-refractivity contribution in [3.05, 3.63) is 32.7 Å². The Hall–Kier alpha value is -1.72. The molecule has 1 aliphatic carbocycles. The van der Waals surface area contributed by atoms with Crippen molar-refractivity contribution in [3.8, 4) is 0 Å². The average molecular weight is 303 g/mol. The molecule has 1 unspecified atom stereocenters. The third-order valence-electron chi connectivity index (χ3n) is 3.44. The van der Waals surface area contributed by atoms with Crippen molar-refractivity contribution >= 4 is 35.8 Å². The van der Waals surface area contributed by atoms with Gasteiger partial charge in [0.05, 0.1) is 5.35 Å². The van der Waals surface area contributed by atoms with Gasteiger partial charge in [0.1, 0.15) is 5.01 Å². The summed E-state index contributed by atoms with van der Waals surface area (Å²) in [6, 6.07) is 0. The van der Waals surface area contributed by atoms with Crippen LogP contribution in [0.25, 0.3) is 18.2 Å². The van der Waals surface area contributed by atoms with E-state index in [2.05, 4.69) is 34.0 Å². The third-order valence-corrected chi connectivity index (χ3v) is 4.42. The summed E-state index contributed by atoms with van der Waals surface area (Å²) in [4.78, 5) is 8.58. The first-order valence-corrected chi connectivity index (χ1v) is 7.79. The summed E-state index contributed by atoms with van der Waals surface area (Å²) in [6.45, 7) is 4.21. The van der Waals surface area contributed by atoms with Gasteiger partial charge in [-0.2, -0.15) is 0 Å². The topological polar surface area (TPSA) is 57.5 Å². The monoisotopic (exact) mass is 303 g/mol. The fourth-order valence-electron chi connectivity index (χ4n) is 2.22. The van der Waals surface area contributed by atoms with E-state index >= 15 is 0 Å². The molecule has 0 fully saturated rings. The molecule has 5 heteroatoms. The lowest BCUT2D eigenvalue weighted by Crippen LogP contribution is -2.19. The number of aromatic nitrogens is 1. The third kappa shape index (κ3) is 3.89. The maximum absolute atomic E-state index is 9.47. The van der Waals surface area contributed by atoms with Crippen LogP contribution < -0.4 is 15.2 Å². The van der Waals surface area contributed by atoms with Gasteiger partial charge in [0.15, 0.2) is 0 Å². The Kier molecular flexibility index (Phi) is 5.47. The number of nitrogens with zero attached hydrogens (tertiary/aromatic N) is 2. The fourth-order valence-corrected chi connectivity index (χ4v) is 3.06. The molecule has 0 bridgehead atoms. The van der Waals surface area contributed by atoms with Crippen molar-refractivity contribution in [1.82, 2.24) is 10.3 Å². The number of allylic oxidation sites excluding steroid dienone is 3. The molecule has 112 valence electrons. The van der Waals surface area contributed by atoms with Crippen molar-refractivity contribution in [2.45, 2.75) is 12.8 Å². The Balaban J connectivity index is 2.46. The van der Waals surface area contributed by atoms with E-state index in [1.807, 2.05) is 13.1 Å². The van der Waals surface area contributed by atoms with E-state index in [0.29, 0.717) is 0 Å². The lowest BCUT2D eigenvalue weighted by molar-refractivity contribution is 0.246. The first kappa shape index (κ1) is 15.7. The minimum Gasteiger partial charge on any atom is -0.396 e. The summed E-state index contributed by atoms with van der Waals surface area (Å²) in [7, 11) is 3.66. The van der Waals surface area contributed by atoms with E-state index in [1.165, 1.54) is 5.70 Å². The van der Waals surface area contributed by atoms with Gasteiger partial charge in [-0.25, -0.2) is 4.98 Å². The van der Waals surface area contributed by atoms with Gasteiger partial charge in [0, 0.05) is 48.6 Å². The lowest BCUT2D eigenvalue weighted by Gasteiger charge is -2.07. The van der Waals surface area contributed by atoms with Crippen LogP contribution in [0.2, 0.25) is 0 Å². The number of hydrogen-bond acceptors (Lipinski definition) is 5. The van der Waals surface area contributed by atoms with Gasteiger partial charge in [-0.3, -0.25) is 4.99 Å². The summed E-state index contributed by atoms with van der Waals surface area (Å²) < 4.78 is 0.926. The van der Waals surface area contributed by atoms with E-state index in [-0.39, 0.29) is 12.5 Å². The zero-order valence-corrected chi connectivity index (χ0v) is 13.3. The molecule has 4 nitrogen and oxygen atoms in total. The van der Waals surface area contributed by atoms with Crippen LogP contribution in [0.4, 0.5) is 0 Å². The van der Waals surface area contributed by atoms with Crippen LogP contribution in [0.3, 0.4) is 0 Å². The Morgan fingerprint density at radius 2 is 2.43 bits per heavy atom. The highest BCUT2D eigenvalue weighted by Gasteiger charge is 2.14. The molecule has 1 aromatic rings. The number of aliphatic hydroxyl groups is 1. The molecule has 1 heterocycles. The maximum Gasteiger partial charge on any atom is 0.124 e. The van der Waals surface area contributed by atoms with Crippen LogP contribution in [0.1, 0.15) is 17.8 Å². The molecule has 2 N–H and O–H groups in total. The Morgan fingerprint density at radius 1 is 1.62 bits per heavy atom. The average Bonchev–Trinajstić information content (AvgIpc) is 2.74. The van der Waals surface area contributed by atoms with Crippen molar-refractivity contribution in [2.24, 2.45) is 10.9 Å². The summed E-state index contributed by atoms with van der Waals surface area (Å²) in [5, 5.41) is 14.5. The number of thiazole rings is 1. The second kappa shape index (κ2) is 7.33. The lowest BCUT2D eigenvalue weighted by atomic mass is 10.0. The Bertz CT molecular complexity index is 685. The first-order valence-electron chi connectivity index (χ1n) is 6.97. The minimum absolute atomic E-state index is 0.165. The smallest absolute Gasteiger partial charge is 0.124 e. The fraction of sp³-hybridized carbons (Fsp3) is 0.375. The van der Waals surface area contributed by atoms with Gasteiger partial charge in [0.25, 0.3) is 0 Å². The number of aliphatic hydroxyl groups excluding tert-OH is 1. The molecule has 0 saturated heterocycles. The van der Waals surface area contributed by atoms with Gasteiger partial charge < -0.3 is 10.4 Å². The summed E-state index contributed by atoms with van der Waals surface area (Å²) in [6.07, 6.45) is 9.70. The predicted molar refractivity (Wildman–Crippen MR) is 90.7 cm³/mol. The van der Waals surface area contributed by atoms with Crippen LogP contribution in [-0.2, 0) is 0 Å². The molecule has 2 rings (SSSR count). The van der Waals surface area contributed by atoms with Crippen molar-refractivity contribution in [3.63, 3.8) is 0 Å². The molecule has 1 atom stereocenters. The normalized spacial score (nSPS) is 20.3. The molecule has 0 radical (unpaired) electrons. The van der Waals surface area contributed by atoms with Crippen LogP contribution in [-0.4, -0.2) is 37.0 Å². The Morgan fingerprint density at radius 3 is 3.10 bits per heavy atom. The summed E-state index contributed by atoms with van der Waals surface area (Å²) in [5.74, 6) is 0.170. The van der Waals surface area contributed by atoms with Crippen LogP contribution in [0.5, 0.6) is 0 Å². The molecular formula is C16H21N3OS. The minimum atomic E-state index is 0.165. The zero-order valence-electron chi connectivity index (χ0n) is 12.5. The van der Waals surface area contributed by atoms with Gasteiger partial charge >= 0.3 is 0 Å². The quantitative estimate of drug-likeness (QED) is 0.814. The molecule has 0 aliphatic heterocycles. The largest absolute Gasteiger partial charge is 0.396 e. The van der Waals surface area contributed by atoms with Crippen molar-refractivity contribution < 1.29 is 5.11 Å². The molecule has 0 saturated carbocycles. The Labute approximate surface area is 129 Å². The second-order valence-corrected chi connectivity index (χ2v) is 6.01. The molecule has 1 aliphatic rings. The van der Waals surface area contributed by atoms with Crippen LogP contribution in [0, 0.1) is 5.92 Å². The molecule has 1 aromatic heterocycles. The van der Waals surface area contributed by atoms with Crippen molar-refractivity contribution in [1.29, 1.82) is 0 Å². The van der Waals surface area contributed by atoms with E-state index in [1.54, 1.807) is 24.6 Å². The highest BCUT2D eigenvalue weighted by molar-refractivity contribution is 7.10. The van der Waals surface area contributed by atoms with Gasteiger partial charge in [-0.15, -0.1) is 11.3 Å². The van der Waals surface area contributed by atoms with Crippen molar-refractivity contribution in [2.75, 3.05) is 20.7 Å². The van der Waals surface area contributed by atoms with Gasteiger partial charge in [-0.05, 0) is 25.0 Å². The SMILES string of the molecule is C=c1sc(C2=CC(CO)CCC(NC)=C2)n/c1=C/C=NC. The van der Waals surface area contributed by atoms with E-state index in [0.717, 1.165) is 33.3 Å². The zero-order chi connectivity index (χ0) is 15.2. The summed E-state index contributed by atoms with van der Waals surface area (Å²) >= 11 is 1.57. The predicted octanol–water partition coefficient (Wildman–Crippen LogP) is 0.923. The number of aliphatic imine (C=N–C) groups is 1. The van der Waals surface area contributed by atoms with E-state index < -0.39 is 0 Å². The maximum atomic E-state index is 9.47. The highest BCUT2D eigenvalue weighted by Crippen LogP contribution is 2.26. The molecule has 21 heavy (non-hydrogen) atoms. The van der Waals surface area contributed by atoms with E-state index in [4.69, 9.17) is 0 Å². The van der Waals surface area contributed by atoms with Gasteiger partial charge in [-0.1, -0.05) is 12.7 Å². The van der Waals surface area contributed by atoms with Crippen LogP contribution in [0.15, 0.2) is 22.8 Å². The first-order chi connectivity index (χ1) is 10.2. The van der Waals surface area contributed by atoms with Crippen LogP contribution >= 0.6 is 11.3 Å². The summed E-state index contributed by atoms with van der Waals surface area (Å²) in [5.41, 5.74) is 2.22. The van der Waals surface area contributed by atoms with E-state index in [9.17, 15) is 5.11 Å². The second-order valence-electron chi connectivity index (χ2n) is 4.92. The van der Waals surface area contributed by atoms with Gasteiger partial charge in [0.2, 0.25) is 0 Å². The molecular weight excluding hydrogens is 282 g/mol. The molecule has 0 aromatic carbocycles. The molecule has 0 amide bonds. The number of rotatable bonds is 4. The molecule has 0 spiro atoms.